The molecule has 1 fully saturated rings. The van der Waals surface area contributed by atoms with Crippen molar-refractivity contribution in [1.82, 2.24) is 14.8 Å². The average Bonchev–Trinajstić information content (AvgIpc) is 3.19. The van der Waals surface area contributed by atoms with E-state index in [0.717, 1.165) is 36.0 Å². The van der Waals surface area contributed by atoms with Crippen LogP contribution in [0.2, 0.25) is 0 Å². The molecule has 8 heteroatoms. The van der Waals surface area contributed by atoms with E-state index in [1.165, 1.54) is 36.7 Å². The van der Waals surface area contributed by atoms with Crippen LogP contribution in [0, 0.1) is 6.92 Å². The molecule has 0 atom stereocenters. The minimum Gasteiger partial charge on any atom is -0.497 e. The molecule has 2 aromatic carbocycles. The van der Waals surface area contributed by atoms with E-state index >= 15 is 0 Å². The second-order valence-electron chi connectivity index (χ2n) is 7.49. The van der Waals surface area contributed by atoms with E-state index in [1.54, 1.807) is 7.11 Å². The number of nitrogens with one attached hydrogen (secondary N) is 1. The highest BCUT2D eigenvalue weighted by Gasteiger charge is 2.14. The highest BCUT2D eigenvalue weighted by Crippen LogP contribution is 2.25. The van der Waals surface area contributed by atoms with Gasteiger partial charge < -0.3 is 15.0 Å². The van der Waals surface area contributed by atoms with Gasteiger partial charge in [0.2, 0.25) is 5.91 Å². The van der Waals surface area contributed by atoms with E-state index in [1.807, 2.05) is 47.9 Å². The molecule has 1 aliphatic heterocycles. The lowest BCUT2D eigenvalue weighted by Crippen LogP contribution is -2.29. The molecule has 1 aromatic heterocycles. The summed E-state index contributed by atoms with van der Waals surface area (Å²) in [6.07, 6.45) is 3.81. The zero-order valence-electron chi connectivity index (χ0n) is 17.9. The van der Waals surface area contributed by atoms with Crippen LogP contribution < -0.4 is 15.0 Å². The summed E-state index contributed by atoms with van der Waals surface area (Å²) in [6.45, 7) is 4.11. The molecule has 0 saturated carbocycles. The first kappa shape index (κ1) is 21.2. The van der Waals surface area contributed by atoms with E-state index in [2.05, 4.69) is 32.5 Å². The number of aryl methyl sites for hydroxylation is 1. The molecule has 4 rings (SSSR count). The summed E-state index contributed by atoms with van der Waals surface area (Å²) in [5.74, 6) is 1.73. The van der Waals surface area contributed by atoms with Crippen molar-refractivity contribution in [2.24, 2.45) is 0 Å². The Hall–Kier alpha value is -3.00. The van der Waals surface area contributed by atoms with E-state index in [-0.39, 0.29) is 11.7 Å². The monoisotopic (exact) mass is 437 g/mol. The number of piperidine rings is 1. The van der Waals surface area contributed by atoms with Gasteiger partial charge in [0.1, 0.15) is 11.6 Å². The fraction of sp³-hybridized carbons (Fsp3) is 0.348. The maximum atomic E-state index is 12.5. The first-order chi connectivity index (χ1) is 15.1. The van der Waals surface area contributed by atoms with Gasteiger partial charge in [-0.3, -0.25) is 9.36 Å². The molecule has 0 bridgehead atoms. The number of ether oxygens (including phenoxy) is 1. The molecule has 162 valence electrons. The van der Waals surface area contributed by atoms with Crippen molar-refractivity contribution in [3.05, 3.63) is 54.4 Å². The number of thioether (sulfide) groups is 1. The van der Waals surface area contributed by atoms with Crippen LogP contribution >= 0.6 is 11.8 Å². The van der Waals surface area contributed by atoms with Crippen molar-refractivity contribution in [1.29, 1.82) is 0 Å². The largest absolute Gasteiger partial charge is 0.497 e. The minimum absolute atomic E-state index is 0.0716. The fourth-order valence-corrected chi connectivity index (χ4v) is 4.50. The number of benzene rings is 2. The van der Waals surface area contributed by atoms with Crippen LogP contribution in [0.15, 0.2) is 53.7 Å². The van der Waals surface area contributed by atoms with Crippen molar-refractivity contribution >= 4 is 29.0 Å². The number of methoxy groups -OCH3 is 1. The van der Waals surface area contributed by atoms with Gasteiger partial charge in [-0.05, 0) is 74.7 Å². The minimum atomic E-state index is -0.0716. The third kappa shape index (κ3) is 5.19. The van der Waals surface area contributed by atoms with Crippen molar-refractivity contribution in [3.63, 3.8) is 0 Å². The summed E-state index contributed by atoms with van der Waals surface area (Å²) >= 11 is 1.36. The van der Waals surface area contributed by atoms with Crippen molar-refractivity contribution in [2.45, 2.75) is 31.3 Å². The van der Waals surface area contributed by atoms with Gasteiger partial charge in [-0.15, -0.1) is 10.2 Å². The number of amides is 1. The van der Waals surface area contributed by atoms with Gasteiger partial charge in [0.25, 0.3) is 0 Å². The number of rotatable bonds is 7. The SMILES string of the molecule is COc1ccc(-n2c(C)nnc2SCC(=O)Nc2ccc(N3CCCCC3)cc2)cc1. The Morgan fingerprint density at radius 3 is 2.35 bits per heavy atom. The van der Waals surface area contributed by atoms with Crippen LogP contribution in [0.1, 0.15) is 25.1 Å². The highest BCUT2D eigenvalue weighted by atomic mass is 32.2. The lowest BCUT2D eigenvalue weighted by molar-refractivity contribution is -0.113. The molecule has 1 saturated heterocycles. The van der Waals surface area contributed by atoms with Crippen LogP contribution in [0.4, 0.5) is 11.4 Å². The van der Waals surface area contributed by atoms with Crippen LogP contribution in [0.5, 0.6) is 5.75 Å². The number of hydrogen-bond donors (Lipinski definition) is 1. The molecular formula is C23H27N5O2S. The summed E-state index contributed by atoms with van der Waals surface area (Å²) in [6, 6.07) is 15.8. The Labute approximate surface area is 186 Å². The van der Waals surface area contributed by atoms with Crippen molar-refractivity contribution in [2.75, 3.05) is 36.2 Å². The number of aromatic nitrogens is 3. The molecule has 31 heavy (non-hydrogen) atoms. The van der Waals surface area contributed by atoms with Gasteiger partial charge in [-0.1, -0.05) is 11.8 Å². The number of anilines is 2. The van der Waals surface area contributed by atoms with Gasteiger partial charge >= 0.3 is 0 Å². The molecule has 3 aromatic rings. The third-order valence-electron chi connectivity index (χ3n) is 5.33. The Kier molecular flexibility index (Phi) is 6.76. The summed E-state index contributed by atoms with van der Waals surface area (Å²) in [5, 5.41) is 12.1. The summed E-state index contributed by atoms with van der Waals surface area (Å²) in [4.78, 5) is 14.9. The molecule has 0 radical (unpaired) electrons. The molecule has 2 heterocycles. The van der Waals surface area contributed by atoms with E-state index < -0.39 is 0 Å². The van der Waals surface area contributed by atoms with Crippen LogP contribution in [-0.4, -0.2) is 46.6 Å². The summed E-state index contributed by atoms with van der Waals surface area (Å²) < 4.78 is 7.16. The molecule has 0 aliphatic carbocycles. The number of carbonyl (C=O) groups excluding carboxylic acids is 1. The van der Waals surface area contributed by atoms with Gasteiger partial charge in [-0.25, -0.2) is 0 Å². The fourth-order valence-electron chi connectivity index (χ4n) is 3.70. The lowest BCUT2D eigenvalue weighted by atomic mass is 10.1. The van der Waals surface area contributed by atoms with Crippen LogP contribution in [0.25, 0.3) is 5.69 Å². The van der Waals surface area contributed by atoms with Crippen molar-refractivity contribution < 1.29 is 9.53 Å². The zero-order valence-corrected chi connectivity index (χ0v) is 18.7. The number of nitrogens with zero attached hydrogens (tertiary/aromatic N) is 4. The van der Waals surface area contributed by atoms with E-state index in [0.29, 0.717) is 5.16 Å². The van der Waals surface area contributed by atoms with Gasteiger partial charge in [-0.2, -0.15) is 0 Å². The molecule has 7 nitrogen and oxygen atoms in total. The van der Waals surface area contributed by atoms with Gasteiger partial charge in [0.05, 0.1) is 12.9 Å². The smallest absolute Gasteiger partial charge is 0.234 e. The van der Waals surface area contributed by atoms with Crippen molar-refractivity contribution in [3.8, 4) is 11.4 Å². The molecule has 1 aliphatic rings. The normalized spacial score (nSPS) is 13.8. The third-order valence-corrected chi connectivity index (χ3v) is 6.26. The van der Waals surface area contributed by atoms with E-state index in [4.69, 9.17) is 4.74 Å². The maximum absolute atomic E-state index is 12.5. The van der Waals surface area contributed by atoms with E-state index in [9.17, 15) is 4.79 Å². The highest BCUT2D eigenvalue weighted by molar-refractivity contribution is 7.99. The average molecular weight is 438 g/mol. The summed E-state index contributed by atoms with van der Waals surface area (Å²) in [5.41, 5.74) is 2.95. The first-order valence-electron chi connectivity index (χ1n) is 10.5. The van der Waals surface area contributed by atoms with Crippen LogP contribution in [0.3, 0.4) is 0 Å². The molecular weight excluding hydrogens is 410 g/mol. The maximum Gasteiger partial charge on any atom is 0.234 e. The molecule has 0 spiro atoms. The quantitative estimate of drug-likeness (QED) is 0.556. The predicted molar refractivity (Wildman–Crippen MR) is 125 cm³/mol. The molecule has 1 amide bonds. The summed E-state index contributed by atoms with van der Waals surface area (Å²) in [7, 11) is 1.64. The first-order valence-corrected chi connectivity index (χ1v) is 11.5. The van der Waals surface area contributed by atoms with Crippen LogP contribution in [-0.2, 0) is 4.79 Å². The number of hydrogen-bond acceptors (Lipinski definition) is 6. The van der Waals surface area contributed by atoms with Gasteiger partial charge in [0.15, 0.2) is 5.16 Å². The molecule has 0 unspecified atom stereocenters. The Bertz CT molecular complexity index is 1010. The zero-order chi connectivity index (χ0) is 21.6. The Morgan fingerprint density at radius 2 is 1.68 bits per heavy atom. The second-order valence-corrected chi connectivity index (χ2v) is 8.44. The van der Waals surface area contributed by atoms with Gasteiger partial charge in [0, 0.05) is 30.2 Å². The Morgan fingerprint density at radius 1 is 1.00 bits per heavy atom. The Balaban J connectivity index is 1.36. The number of carbonyl (C=O) groups is 1. The standard InChI is InChI=1S/C23H27N5O2S/c1-17-25-26-23(28(17)20-10-12-21(30-2)13-11-20)31-16-22(29)24-18-6-8-19(9-7-18)27-14-4-3-5-15-27/h6-13H,3-5,14-16H2,1-2H3,(H,24,29). The topological polar surface area (TPSA) is 72.3 Å². The molecule has 1 N–H and O–H groups in total. The second kappa shape index (κ2) is 9.87. The predicted octanol–water partition coefficient (Wildman–Crippen LogP) is 4.31. The lowest BCUT2D eigenvalue weighted by Gasteiger charge is -2.28.